The second-order valence-electron chi connectivity index (χ2n) is 4.07. The first-order valence-corrected chi connectivity index (χ1v) is 7.42. The van der Waals surface area contributed by atoms with Crippen LogP contribution in [0, 0.1) is 0 Å². The maximum atomic E-state index is 11.1. The van der Waals surface area contributed by atoms with Crippen molar-refractivity contribution in [1.82, 2.24) is 14.5 Å². The zero-order valence-corrected chi connectivity index (χ0v) is 10.9. The van der Waals surface area contributed by atoms with Gasteiger partial charge in [-0.25, -0.2) is 13.1 Å². The van der Waals surface area contributed by atoms with Crippen molar-refractivity contribution >= 4 is 10.0 Å². The van der Waals surface area contributed by atoms with E-state index in [-0.39, 0.29) is 0 Å². The van der Waals surface area contributed by atoms with Gasteiger partial charge >= 0.3 is 0 Å². The molecule has 1 aromatic carbocycles. The lowest BCUT2D eigenvalue weighted by Crippen LogP contribution is -2.22. The molecule has 0 bridgehead atoms. The van der Waals surface area contributed by atoms with Gasteiger partial charge in [0.25, 0.3) is 0 Å². The third kappa shape index (κ3) is 3.68. The van der Waals surface area contributed by atoms with Crippen molar-refractivity contribution in [2.24, 2.45) is 0 Å². The molecule has 1 aromatic heterocycles. The Morgan fingerprint density at radius 3 is 2.56 bits per heavy atom. The predicted molar refractivity (Wildman–Crippen MR) is 69.5 cm³/mol. The molecular weight excluding hydrogens is 250 g/mol. The highest BCUT2D eigenvalue weighted by molar-refractivity contribution is 7.88. The molecule has 0 spiro atoms. The molecule has 0 fully saturated rings. The van der Waals surface area contributed by atoms with Crippen molar-refractivity contribution in [2.75, 3.05) is 6.26 Å². The normalized spacial score (nSPS) is 11.6. The average molecular weight is 265 g/mol. The Hall–Kier alpha value is -1.66. The van der Waals surface area contributed by atoms with Gasteiger partial charge < -0.3 is 0 Å². The monoisotopic (exact) mass is 265 g/mol. The first-order chi connectivity index (χ1) is 8.54. The van der Waals surface area contributed by atoms with Gasteiger partial charge in [-0.3, -0.25) is 4.68 Å². The quantitative estimate of drug-likeness (QED) is 0.876. The molecule has 96 valence electrons. The Balaban J connectivity index is 2.15. The standard InChI is InChI=1S/C12H15N3O2S/c1-18(16,17)14-9-11-5-2-3-6-12(11)10-15-8-4-7-13-15/h2-8,14H,9-10H2,1H3. The SMILES string of the molecule is CS(=O)(=O)NCc1ccccc1Cn1cccn1. The molecule has 0 saturated carbocycles. The van der Waals surface area contributed by atoms with Gasteiger partial charge in [0.15, 0.2) is 0 Å². The van der Waals surface area contributed by atoms with E-state index in [1.807, 2.05) is 36.5 Å². The first kappa shape index (κ1) is 12.8. The Bertz CT molecular complexity index is 606. The Morgan fingerprint density at radius 1 is 1.22 bits per heavy atom. The summed E-state index contributed by atoms with van der Waals surface area (Å²) in [5, 5.41) is 4.14. The molecule has 1 N–H and O–H groups in total. The third-order valence-corrected chi connectivity index (χ3v) is 3.20. The number of aromatic nitrogens is 2. The highest BCUT2D eigenvalue weighted by atomic mass is 32.2. The minimum Gasteiger partial charge on any atom is -0.268 e. The molecule has 18 heavy (non-hydrogen) atoms. The van der Waals surface area contributed by atoms with Crippen LogP contribution in [0.25, 0.3) is 0 Å². The minimum atomic E-state index is -3.17. The van der Waals surface area contributed by atoms with Crippen LogP contribution in [-0.4, -0.2) is 24.5 Å². The fourth-order valence-corrected chi connectivity index (χ4v) is 2.08. The number of hydrogen-bond acceptors (Lipinski definition) is 3. The topological polar surface area (TPSA) is 64.0 Å². The smallest absolute Gasteiger partial charge is 0.209 e. The molecule has 1 heterocycles. The van der Waals surface area contributed by atoms with Crippen molar-refractivity contribution in [1.29, 1.82) is 0 Å². The zero-order valence-electron chi connectivity index (χ0n) is 10.1. The van der Waals surface area contributed by atoms with Crippen LogP contribution in [0.5, 0.6) is 0 Å². The average Bonchev–Trinajstić information content (AvgIpc) is 2.80. The molecule has 0 saturated heterocycles. The number of sulfonamides is 1. The van der Waals surface area contributed by atoms with E-state index >= 15 is 0 Å². The molecule has 0 unspecified atom stereocenters. The summed E-state index contributed by atoms with van der Waals surface area (Å²) < 4.78 is 26.5. The number of benzene rings is 1. The molecule has 6 heteroatoms. The molecule has 0 aliphatic rings. The molecular formula is C12H15N3O2S. The fourth-order valence-electron chi connectivity index (χ4n) is 1.66. The summed E-state index contributed by atoms with van der Waals surface area (Å²) in [6.45, 7) is 0.935. The van der Waals surface area contributed by atoms with Crippen LogP contribution in [0.2, 0.25) is 0 Å². The second kappa shape index (κ2) is 5.32. The summed E-state index contributed by atoms with van der Waals surface area (Å²) in [5.74, 6) is 0. The summed E-state index contributed by atoms with van der Waals surface area (Å²) >= 11 is 0. The van der Waals surface area contributed by atoms with Gasteiger partial charge in [-0.2, -0.15) is 5.10 Å². The third-order valence-electron chi connectivity index (χ3n) is 2.53. The van der Waals surface area contributed by atoms with Crippen molar-refractivity contribution in [3.05, 3.63) is 53.9 Å². The van der Waals surface area contributed by atoms with Crippen LogP contribution in [0.3, 0.4) is 0 Å². The molecule has 0 amide bonds. The van der Waals surface area contributed by atoms with E-state index in [1.54, 1.807) is 10.9 Å². The molecule has 2 rings (SSSR count). The molecule has 0 atom stereocenters. The number of nitrogens with one attached hydrogen (secondary N) is 1. The Morgan fingerprint density at radius 2 is 1.94 bits per heavy atom. The van der Waals surface area contributed by atoms with Gasteiger partial charge in [0.2, 0.25) is 10.0 Å². The Labute approximate surface area is 107 Å². The van der Waals surface area contributed by atoms with E-state index in [2.05, 4.69) is 9.82 Å². The lowest BCUT2D eigenvalue weighted by molar-refractivity contribution is 0.587. The van der Waals surface area contributed by atoms with Crippen molar-refractivity contribution < 1.29 is 8.42 Å². The Kier molecular flexibility index (Phi) is 3.78. The van der Waals surface area contributed by atoms with Crippen LogP contribution in [-0.2, 0) is 23.1 Å². The van der Waals surface area contributed by atoms with E-state index in [9.17, 15) is 8.42 Å². The van der Waals surface area contributed by atoms with Gasteiger partial charge in [0.05, 0.1) is 12.8 Å². The summed E-state index contributed by atoms with van der Waals surface area (Å²) in [7, 11) is -3.17. The molecule has 0 aliphatic heterocycles. The van der Waals surface area contributed by atoms with Crippen LogP contribution in [0.1, 0.15) is 11.1 Å². The van der Waals surface area contributed by atoms with Gasteiger partial charge in [0, 0.05) is 18.9 Å². The predicted octanol–water partition coefficient (Wildman–Crippen LogP) is 0.981. The van der Waals surface area contributed by atoms with Crippen LogP contribution in [0.15, 0.2) is 42.7 Å². The van der Waals surface area contributed by atoms with Crippen molar-refractivity contribution in [2.45, 2.75) is 13.1 Å². The van der Waals surface area contributed by atoms with E-state index in [4.69, 9.17) is 0 Å². The number of rotatable bonds is 5. The fraction of sp³-hybridized carbons (Fsp3) is 0.250. The van der Waals surface area contributed by atoms with Gasteiger partial charge in [-0.15, -0.1) is 0 Å². The highest BCUT2D eigenvalue weighted by Crippen LogP contribution is 2.10. The summed E-state index contributed by atoms with van der Waals surface area (Å²) in [5.41, 5.74) is 2.01. The summed E-state index contributed by atoms with van der Waals surface area (Å²) in [4.78, 5) is 0. The minimum absolute atomic E-state index is 0.302. The van der Waals surface area contributed by atoms with Crippen LogP contribution >= 0.6 is 0 Å². The van der Waals surface area contributed by atoms with E-state index < -0.39 is 10.0 Å². The van der Waals surface area contributed by atoms with Crippen molar-refractivity contribution in [3.8, 4) is 0 Å². The van der Waals surface area contributed by atoms with Gasteiger partial charge in [-0.1, -0.05) is 24.3 Å². The molecule has 0 aliphatic carbocycles. The second-order valence-corrected chi connectivity index (χ2v) is 5.90. The van der Waals surface area contributed by atoms with Crippen LogP contribution < -0.4 is 4.72 Å². The molecule has 0 radical (unpaired) electrons. The number of nitrogens with zero attached hydrogens (tertiary/aromatic N) is 2. The maximum Gasteiger partial charge on any atom is 0.209 e. The summed E-state index contributed by atoms with van der Waals surface area (Å²) in [6, 6.07) is 9.57. The van der Waals surface area contributed by atoms with E-state index in [0.717, 1.165) is 17.4 Å². The number of hydrogen-bond donors (Lipinski definition) is 1. The van der Waals surface area contributed by atoms with E-state index in [0.29, 0.717) is 13.1 Å². The first-order valence-electron chi connectivity index (χ1n) is 5.53. The lowest BCUT2D eigenvalue weighted by atomic mass is 10.1. The van der Waals surface area contributed by atoms with Crippen LogP contribution in [0.4, 0.5) is 0 Å². The summed E-state index contributed by atoms with van der Waals surface area (Å²) in [6.07, 6.45) is 4.75. The maximum absolute atomic E-state index is 11.1. The molecule has 2 aromatic rings. The largest absolute Gasteiger partial charge is 0.268 e. The van der Waals surface area contributed by atoms with Gasteiger partial charge in [0.1, 0.15) is 0 Å². The van der Waals surface area contributed by atoms with Gasteiger partial charge in [-0.05, 0) is 17.2 Å². The van der Waals surface area contributed by atoms with E-state index in [1.165, 1.54) is 0 Å². The molecule has 5 nitrogen and oxygen atoms in total. The zero-order chi connectivity index (χ0) is 13.0. The highest BCUT2D eigenvalue weighted by Gasteiger charge is 2.06. The lowest BCUT2D eigenvalue weighted by Gasteiger charge is -2.09. The van der Waals surface area contributed by atoms with Crippen molar-refractivity contribution in [3.63, 3.8) is 0 Å².